The summed E-state index contributed by atoms with van der Waals surface area (Å²) in [5.74, 6) is -1.46. The number of rotatable bonds is 4. The molecule has 110 valence electrons. The Bertz CT molecular complexity index is 672. The van der Waals surface area contributed by atoms with Crippen LogP contribution in [-0.4, -0.2) is 11.0 Å². The molecule has 0 saturated carbocycles. The minimum absolute atomic E-state index is 0.0260. The van der Waals surface area contributed by atoms with Crippen molar-refractivity contribution in [2.45, 2.75) is 6.61 Å². The van der Waals surface area contributed by atoms with Gasteiger partial charge in [0.1, 0.15) is 24.0 Å². The Morgan fingerprint density at radius 2 is 1.86 bits per heavy atom. The molecule has 0 aliphatic carbocycles. The molecule has 2 rings (SSSR count). The van der Waals surface area contributed by atoms with E-state index in [1.165, 1.54) is 6.07 Å². The second-order valence-electron chi connectivity index (χ2n) is 4.19. The second kappa shape index (κ2) is 6.41. The van der Waals surface area contributed by atoms with Crippen LogP contribution in [0.3, 0.4) is 0 Å². The van der Waals surface area contributed by atoms with Crippen LogP contribution in [0, 0.1) is 11.6 Å². The third-order valence-corrected chi connectivity index (χ3v) is 3.04. The molecule has 0 aliphatic rings. The van der Waals surface area contributed by atoms with Crippen molar-refractivity contribution in [3.63, 3.8) is 0 Å². The number of nitrogens with two attached hydrogens (primary N) is 1. The maximum absolute atomic E-state index is 13.0. The largest absolute Gasteiger partial charge is 0.489 e. The van der Waals surface area contributed by atoms with Crippen LogP contribution < -0.4 is 10.5 Å². The standard InChI is InChI=1S/C14H11ClF2N2O2/c15-13-3-8(14(18)19-20)1-2-9(13)7-21-12-5-10(16)4-11(17)6-12/h1-6,20H,7H2,(H2,18,19). The predicted octanol–water partition coefficient (Wildman–Crippen LogP) is 3.29. The summed E-state index contributed by atoms with van der Waals surface area (Å²) in [6, 6.07) is 7.60. The summed E-state index contributed by atoms with van der Waals surface area (Å²) in [6.07, 6.45) is 0. The molecule has 0 spiro atoms. The van der Waals surface area contributed by atoms with Gasteiger partial charge in [-0.1, -0.05) is 28.9 Å². The van der Waals surface area contributed by atoms with Crippen molar-refractivity contribution in [3.05, 3.63) is 64.2 Å². The monoisotopic (exact) mass is 312 g/mol. The summed E-state index contributed by atoms with van der Waals surface area (Å²) in [6.45, 7) is 0.0260. The smallest absolute Gasteiger partial charge is 0.170 e. The molecule has 0 amide bonds. The minimum atomic E-state index is -0.724. The minimum Gasteiger partial charge on any atom is -0.489 e. The molecule has 0 unspecified atom stereocenters. The molecule has 0 radical (unpaired) electrons. The molecule has 4 nitrogen and oxygen atoms in total. The van der Waals surface area contributed by atoms with E-state index in [4.69, 9.17) is 27.3 Å². The van der Waals surface area contributed by atoms with Crippen molar-refractivity contribution < 1.29 is 18.7 Å². The van der Waals surface area contributed by atoms with Crippen LogP contribution in [0.5, 0.6) is 5.75 Å². The molecule has 0 saturated heterocycles. The van der Waals surface area contributed by atoms with Gasteiger partial charge in [-0.25, -0.2) is 8.78 Å². The van der Waals surface area contributed by atoms with E-state index in [9.17, 15) is 8.78 Å². The first-order valence-electron chi connectivity index (χ1n) is 5.85. The van der Waals surface area contributed by atoms with Crippen LogP contribution in [0.1, 0.15) is 11.1 Å². The Morgan fingerprint density at radius 3 is 2.43 bits per heavy atom. The molecule has 0 atom stereocenters. The van der Waals surface area contributed by atoms with Crippen LogP contribution in [0.2, 0.25) is 5.02 Å². The van der Waals surface area contributed by atoms with Gasteiger partial charge in [-0.05, 0) is 6.07 Å². The van der Waals surface area contributed by atoms with Crippen molar-refractivity contribution in [1.82, 2.24) is 0 Å². The van der Waals surface area contributed by atoms with E-state index in [0.29, 0.717) is 16.1 Å². The lowest BCUT2D eigenvalue weighted by atomic mass is 10.1. The molecule has 2 aromatic carbocycles. The van der Waals surface area contributed by atoms with Crippen LogP contribution in [0.4, 0.5) is 8.78 Å². The zero-order chi connectivity index (χ0) is 15.4. The summed E-state index contributed by atoms with van der Waals surface area (Å²) >= 11 is 6.04. The van der Waals surface area contributed by atoms with Gasteiger partial charge >= 0.3 is 0 Å². The lowest BCUT2D eigenvalue weighted by Gasteiger charge is -2.09. The number of oxime groups is 1. The second-order valence-corrected chi connectivity index (χ2v) is 4.59. The fraction of sp³-hybridized carbons (Fsp3) is 0.0714. The van der Waals surface area contributed by atoms with Gasteiger partial charge in [-0.2, -0.15) is 0 Å². The highest BCUT2D eigenvalue weighted by Gasteiger charge is 2.07. The Hall–Kier alpha value is -2.34. The van der Waals surface area contributed by atoms with Crippen LogP contribution >= 0.6 is 11.6 Å². The van der Waals surface area contributed by atoms with Crippen molar-refractivity contribution in [1.29, 1.82) is 0 Å². The molecule has 0 fully saturated rings. The van der Waals surface area contributed by atoms with E-state index in [1.807, 2.05) is 0 Å². The van der Waals surface area contributed by atoms with Crippen molar-refractivity contribution in [2.75, 3.05) is 0 Å². The first kappa shape index (κ1) is 15.1. The Labute approximate surface area is 124 Å². The van der Waals surface area contributed by atoms with Gasteiger partial charge in [0.05, 0.1) is 0 Å². The molecule has 21 heavy (non-hydrogen) atoms. The number of halogens is 3. The topological polar surface area (TPSA) is 67.8 Å². The molecule has 0 aromatic heterocycles. The molecule has 0 heterocycles. The van der Waals surface area contributed by atoms with Gasteiger partial charge in [-0.3, -0.25) is 0 Å². The highest BCUT2D eigenvalue weighted by Crippen LogP contribution is 2.21. The lowest BCUT2D eigenvalue weighted by molar-refractivity contribution is 0.302. The third kappa shape index (κ3) is 3.82. The molecular formula is C14H11ClF2N2O2. The third-order valence-electron chi connectivity index (χ3n) is 2.69. The van der Waals surface area contributed by atoms with Crippen LogP contribution in [-0.2, 0) is 6.61 Å². The zero-order valence-corrected chi connectivity index (χ0v) is 11.4. The number of benzene rings is 2. The average molecular weight is 313 g/mol. The number of nitrogens with zero attached hydrogens (tertiary/aromatic N) is 1. The number of hydrogen-bond acceptors (Lipinski definition) is 3. The van der Waals surface area contributed by atoms with Gasteiger partial charge in [0.2, 0.25) is 0 Å². The summed E-state index contributed by atoms with van der Waals surface area (Å²) in [4.78, 5) is 0. The fourth-order valence-corrected chi connectivity index (χ4v) is 1.89. The molecule has 0 aliphatic heterocycles. The predicted molar refractivity (Wildman–Crippen MR) is 74.7 cm³/mol. The number of amidine groups is 1. The van der Waals surface area contributed by atoms with Crippen molar-refractivity contribution in [3.8, 4) is 5.75 Å². The average Bonchev–Trinajstić information content (AvgIpc) is 2.44. The first-order valence-corrected chi connectivity index (χ1v) is 6.22. The zero-order valence-electron chi connectivity index (χ0n) is 10.7. The van der Waals surface area contributed by atoms with Gasteiger partial charge in [0, 0.05) is 34.3 Å². The first-order chi connectivity index (χ1) is 9.99. The highest BCUT2D eigenvalue weighted by molar-refractivity contribution is 6.31. The number of hydrogen-bond donors (Lipinski definition) is 2. The molecule has 0 bridgehead atoms. The Morgan fingerprint density at radius 1 is 1.19 bits per heavy atom. The van der Waals surface area contributed by atoms with E-state index in [2.05, 4.69) is 5.16 Å². The number of ether oxygens (including phenoxy) is 1. The quantitative estimate of drug-likeness (QED) is 0.394. The van der Waals surface area contributed by atoms with Gasteiger partial charge < -0.3 is 15.7 Å². The molecular weight excluding hydrogens is 302 g/mol. The van der Waals surface area contributed by atoms with Crippen LogP contribution in [0.25, 0.3) is 0 Å². The SMILES string of the molecule is N/C(=N/O)c1ccc(COc2cc(F)cc(F)c2)c(Cl)c1. The molecule has 2 aromatic rings. The van der Waals surface area contributed by atoms with Gasteiger partial charge in [-0.15, -0.1) is 0 Å². The Kier molecular flexibility index (Phi) is 4.59. The lowest BCUT2D eigenvalue weighted by Crippen LogP contribution is -2.13. The van der Waals surface area contributed by atoms with Gasteiger partial charge in [0.25, 0.3) is 0 Å². The fourth-order valence-electron chi connectivity index (χ4n) is 1.65. The van der Waals surface area contributed by atoms with Crippen LogP contribution in [0.15, 0.2) is 41.6 Å². The van der Waals surface area contributed by atoms with E-state index >= 15 is 0 Å². The summed E-state index contributed by atoms with van der Waals surface area (Å²) < 4.78 is 31.3. The van der Waals surface area contributed by atoms with Gasteiger partial charge in [0.15, 0.2) is 5.84 Å². The van der Waals surface area contributed by atoms with E-state index in [1.54, 1.807) is 12.1 Å². The van der Waals surface area contributed by atoms with Crippen molar-refractivity contribution >= 4 is 17.4 Å². The summed E-state index contributed by atoms with van der Waals surface area (Å²) in [7, 11) is 0. The summed E-state index contributed by atoms with van der Waals surface area (Å²) in [5.41, 5.74) is 6.48. The van der Waals surface area contributed by atoms with Crippen molar-refractivity contribution in [2.24, 2.45) is 10.9 Å². The normalized spacial score (nSPS) is 11.5. The van der Waals surface area contributed by atoms with E-state index in [0.717, 1.165) is 18.2 Å². The maximum Gasteiger partial charge on any atom is 0.170 e. The highest BCUT2D eigenvalue weighted by atomic mass is 35.5. The molecule has 7 heteroatoms. The maximum atomic E-state index is 13.0. The summed E-state index contributed by atoms with van der Waals surface area (Å²) in [5, 5.41) is 11.8. The van der Waals surface area contributed by atoms with E-state index in [-0.39, 0.29) is 18.2 Å². The Balaban J connectivity index is 2.13. The molecule has 3 N–H and O–H groups in total. The van der Waals surface area contributed by atoms with E-state index < -0.39 is 11.6 Å².